The normalized spacial score (nSPS) is 9.81. The Balaban J connectivity index is 2.66. The van der Waals surface area contributed by atoms with Crippen LogP contribution in [0.2, 0.25) is 0 Å². The van der Waals surface area contributed by atoms with Crippen LogP contribution in [0.25, 0.3) is 11.1 Å². The number of nitriles is 1. The van der Waals surface area contributed by atoms with Gasteiger partial charge in [-0.05, 0) is 17.7 Å². The molecule has 3 heteroatoms. The third-order valence-corrected chi connectivity index (χ3v) is 2.27. The Kier molecular flexibility index (Phi) is 2.65. The molecule has 2 aromatic rings. The highest BCUT2D eigenvalue weighted by Crippen LogP contribution is 2.25. The number of halogens is 2. The van der Waals surface area contributed by atoms with E-state index in [0.29, 0.717) is 11.1 Å². The van der Waals surface area contributed by atoms with E-state index in [1.54, 1.807) is 24.3 Å². The second-order valence-corrected chi connectivity index (χ2v) is 3.29. The second-order valence-electron chi connectivity index (χ2n) is 3.29. The molecule has 2 rings (SSSR count). The highest BCUT2D eigenvalue weighted by molar-refractivity contribution is 5.70. The number of rotatable bonds is 1. The molecular weight excluding hydrogens is 208 g/mol. The SMILES string of the molecule is N#Cc1cc(F)c(F)cc1-c1ccccc1. The molecular formula is C13H7F2N. The van der Waals surface area contributed by atoms with Crippen molar-refractivity contribution in [2.24, 2.45) is 0 Å². The third-order valence-electron chi connectivity index (χ3n) is 2.27. The number of hydrogen-bond donors (Lipinski definition) is 0. The standard InChI is InChI=1S/C13H7F2N/c14-12-6-10(8-16)11(7-13(12)15)9-4-2-1-3-5-9/h1-7H. The van der Waals surface area contributed by atoms with Gasteiger partial charge < -0.3 is 0 Å². The van der Waals surface area contributed by atoms with E-state index in [0.717, 1.165) is 12.1 Å². The zero-order valence-electron chi connectivity index (χ0n) is 8.24. The molecule has 0 saturated carbocycles. The summed E-state index contributed by atoms with van der Waals surface area (Å²) in [5, 5.41) is 8.86. The van der Waals surface area contributed by atoms with E-state index in [4.69, 9.17) is 5.26 Å². The maximum Gasteiger partial charge on any atom is 0.160 e. The molecule has 0 saturated heterocycles. The second kappa shape index (κ2) is 4.11. The first kappa shape index (κ1) is 10.3. The molecule has 0 N–H and O–H groups in total. The number of hydrogen-bond acceptors (Lipinski definition) is 1. The molecule has 78 valence electrons. The quantitative estimate of drug-likeness (QED) is 0.714. The molecule has 0 unspecified atom stereocenters. The van der Waals surface area contributed by atoms with Crippen LogP contribution in [0, 0.1) is 23.0 Å². The van der Waals surface area contributed by atoms with Gasteiger partial charge in [0, 0.05) is 5.56 Å². The van der Waals surface area contributed by atoms with Gasteiger partial charge in [0.1, 0.15) is 0 Å². The zero-order chi connectivity index (χ0) is 11.5. The van der Waals surface area contributed by atoms with Crippen molar-refractivity contribution in [3.05, 3.63) is 59.7 Å². The van der Waals surface area contributed by atoms with E-state index in [-0.39, 0.29) is 5.56 Å². The van der Waals surface area contributed by atoms with Crippen molar-refractivity contribution >= 4 is 0 Å². The summed E-state index contributed by atoms with van der Waals surface area (Å²) >= 11 is 0. The van der Waals surface area contributed by atoms with E-state index in [9.17, 15) is 8.78 Å². The number of benzene rings is 2. The summed E-state index contributed by atoms with van der Waals surface area (Å²) < 4.78 is 26.0. The Morgan fingerprint density at radius 3 is 2.19 bits per heavy atom. The van der Waals surface area contributed by atoms with Crippen LogP contribution < -0.4 is 0 Å². The van der Waals surface area contributed by atoms with Gasteiger partial charge in [0.05, 0.1) is 11.6 Å². The minimum atomic E-state index is -1.00. The smallest absolute Gasteiger partial charge is 0.160 e. The molecule has 0 aliphatic carbocycles. The lowest BCUT2D eigenvalue weighted by Crippen LogP contribution is -1.90. The summed E-state index contributed by atoms with van der Waals surface area (Å²) in [4.78, 5) is 0. The van der Waals surface area contributed by atoms with E-state index >= 15 is 0 Å². The van der Waals surface area contributed by atoms with Gasteiger partial charge in [-0.15, -0.1) is 0 Å². The average Bonchev–Trinajstić information content (AvgIpc) is 2.33. The topological polar surface area (TPSA) is 23.8 Å². The molecule has 1 nitrogen and oxygen atoms in total. The fourth-order valence-corrected chi connectivity index (χ4v) is 1.50. The van der Waals surface area contributed by atoms with Crippen molar-refractivity contribution in [3.63, 3.8) is 0 Å². The Morgan fingerprint density at radius 2 is 1.56 bits per heavy atom. The average molecular weight is 215 g/mol. The molecule has 0 bridgehead atoms. The molecule has 0 amide bonds. The van der Waals surface area contributed by atoms with Crippen LogP contribution in [-0.2, 0) is 0 Å². The van der Waals surface area contributed by atoms with Crippen LogP contribution >= 0.6 is 0 Å². The summed E-state index contributed by atoms with van der Waals surface area (Å²) in [6.07, 6.45) is 0. The van der Waals surface area contributed by atoms with Gasteiger partial charge in [0.2, 0.25) is 0 Å². The van der Waals surface area contributed by atoms with Crippen molar-refractivity contribution in [3.8, 4) is 17.2 Å². The van der Waals surface area contributed by atoms with E-state index in [1.807, 2.05) is 12.1 Å². The highest BCUT2D eigenvalue weighted by atomic mass is 19.2. The minimum Gasteiger partial charge on any atom is -0.204 e. The summed E-state index contributed by atoms with van der Waals surface area (Å²) in [7, 11) is 0. The highest BCUT2D eigenvalue weighted by Gasteiger charge is 2.10. The maximum atomic E-state index is 13.1. The third kappa shape index (κ3) is 1.78. The Hall–Kier alpha value is -2.21. The molecule has 0 atom stereocenters. The van der Waals surface area contributed by atoms with Gasteiger partial charge in [-0.2, -0.15) is 5.26 Å². The molecule has 0 heterocycles. The van der Waals surface area contributed by atoms with Gasteiger partial charge in [0.25, 0.3) is 0 Å². The largest absolute Gasteiger partial charge is 0.204 e. The molecule has 0 aliphatic heterocycles. The summed E-state index contributed by atoms with van der Waals surface area (Å²) in [6, 6.07) is 12.7. The van der Waals surface area contributed by atoms with Crippen LogP contribution in [0.5, 0.6) is 0 Å². The lowest BCUT2D eigenvalue weighted by Gasteiger charge is -2.04. The van der Waals surface area contributed by atoms with Gasteiger partial charge in [-0.3, -0.25) is 0 Å². The first-order valence-corrected chi connectivity index (χ1v) is 4.67. The minimum absolute atomic E-state index is 0.130. The van der Waals surface area contributed by atoms with Crippen LogP contribution in [0.15, 0.2) is 42.5 Å². The van der Waals surface area contributed by atoms with Crippen molar-refractivity contribution < 1.29 is 8.78 Å². The lowest BCUT2D eigenvalue weighted by atomic mass is 10.0. The first-order chi connectivity index (χ1) is 7.72. The van der Waals surface area contributed by atoms with Gasteiger partial charge in [-0.1, -0.05) is 30.3 Å². The molecule has 2 aromatic carbocycles. The molecule has 0 aliphatic rings. The molecule has 0 radical (unpaired) electrons. The Labute approximate surface area is 91.6 Å². The summed E-state index contributed by atoms with van der Waals surface area (Å²) in [5.41, 5.74) is 1.23. The zero-order valence-corrected chi connectivity index (χ0v) is 8.24. The predicted octanol–water partition coefficient (Wildman–Crippen LogP) is 3.50. The Morgan fingerprint density at radius 1 is 0.938 bits per heavy atom. The Bertz CT molecular complexity index is 556. The summed E-state index contributed by atoms with van der Waals surface area (Å²) in [5.74, 6) is -1.95. The van der Waals surface area contributed by atoms with E-state index in [1.165, 1.54) is 0 Å². The maximum absolute atomic E-state index is 13.1. The molecule has 0 aromatic heterocycles. The monoisotopic (exact) mass is 215 g/mol. The molecule has 16 heavy (non-hydrogen) atoms. The van der Waals surface area contributed by atoms with Gasteiger partial charge >= 0.3 is 0 Å². The van der Waals surface area contributed by atoms with Crippen LogP contribution in [0.4, 0.5) is 8.78 Å². The van der Waals surface area contributed by atoms with E-state index in [2.05, 4.69) is 0 Å². The first-order valence-electron chi connectivity index (χ1n) is 4.67. The predicted molar refractivity (Wildman–Crippen MR) is 56.5 cm³/mol. The lowest BCUT2D eigenvalue weighted by molar-refractivity contribution is 0.508. The van der Waals surface area contributed by atoms with Crippen LogP contribution in [-0.4, -0.2) is 0 Å². The van der Waals surface area contributed by atoms with Crippen LogP contribution in [0.3, 0.4) is 0 Å². The van der Waals surface area contributed by atoms with Gasteiger partial charge in [0.15, 0.2) is 11.6 Å². The van der Waals surface area contributed by atoms with Crippen molar-refractivity contribution in [1.82, 2.24) is 0 Å². The number of nitrogens with zero attached hydrogens (tertiary/aromatic N) is 1. The van der Waals surface area contributed by atoms with Crippen molar-refractivity contribution in [2.45, 2.75) is 0 Å². The molecule has 0 fully saturated rings. The fraction of sp³-hybridized carbons (Fsp3) is 0. The van der Waals surface area contributed by atoms with E-state index < -0.39 is 11.6 Å². The van der Waals surface area contributed by atoms with Crippen LogP contribution in [0.1, 0.15) is 5.56 Å². The van der Waals surface area contributed by atoms with Crippen molar-refractivity contribution in [1.29, 1.82) is 5.26 Å². The molecule has 0 spiro atoms. The van der Waals surface area contributed by atoms with Crippen molar-refractivity contribution in [2.75, 3.05) is 0 Å². The van der Waals surface area contributed by atoms with Gasteiger partial charge in [-0.25, -0.2) is 8.78 Å². The fourth-order valence-electron chi connectivity index (χ4n) is 1.50. The summed E-state index contributed by atoms with van der Waals surface area (Å²) in [6.45, 7) is 0.